The minimum Gasteiger partial charge on any atom is -0.490 e. The molecule has 34 heavy (non-hydrogen) atoms. The fourth-order valence-corrected chi connectivity index (χ4v) is 5.57. The number of aromatic nitrogens is 1. The molecule has 8 nitrogen and oxygen atoms in total. The van der Waals surface area contributed by atoms with Gasteiger partial charge >= 0.3 is 12.1 Å². The molecule has 0 bridgehead atoms. The molecule has 4 atom stereocenters. The Kier molecular flexibility index (Phi) is 6.23. The van der Waals surface area contributed by atoms with Crippen LogP contribution in [0.4, 0.5) is 4.79 Å². The molecule has 8 heteroatoms. The molecular formula is C26H32N2O6. The molecule has 0 spiro atoms. The zero-order valence-electron chi connectivity index (χ0n) is 19.7. The summed E-state index contributed by atoms with van der Waals surface area (Å²) in [7, 11) is 1.80. The van der Waals surface area contributed by atoms with Crippen LogP contribution >= 0.6 is 0 Å². The van der Waals surface area contributed by atoms with E-state index in [4.69, 9.17) is 14.0 Å². The molecule has 5 rings (SSSR count). The lowest BCUT2D eigenvalue weighted by molar-refractivity contribution is -0.144. The maximum Gasteiger partial charge on any atom is 0.410 e. The highest BCUT2D eigenvalue weighted by atomic mass is 16.6. The number of fused-ring (bicyclic) bond motifs is 1. The predicted molar refractivity (Wildman–Crippen MR) is 123 cm³/mol. The van der Waals surface area contributed by atoms with E-state index in [1.54, 1.807) is 11.9 Å². The number of benzene rings is 1. The van der Waals surface area contributed by atoms with Gasteiger partial charge in [-0.25, -0.2) is 4.79 Å². The van der Waals surface area contributed by atoms with E-state index in [9.17, 15) is 14.7 Å². The molecule has 0 radical (unpaired) electrons. The quantitative estimate of drug-likeness (QED) is 0.607. The van der Waals surface area contributed by atoms with E-state index in [1.165, 1.54) is 0 Å². The minimum atomic E-state index is -0.724. The largest absolute Gasteiger partial charge is 0.490 e. The number of carbonyl (C=O) groups excluding carboxylic acids is 1. The van der Waals surface area contributed by atoms with Crippen LogP contribution in [-0.4, -0.2) is 46.4 Å². The molecule has 3 aliphatic rings. The van der Waals surface area contributed by atoms with Crippen molar-refractivity contribution in [3.05, 3.63) is 35.5 Å². The molecule has 3 aliphatic carbocycles. The first-order chi connectivity index (χ1) is 16.4. The van der Waals surface area contributed by atoms with Crippen molar-refractivity contribution in [1.29, 1.82) is 0 Å². The molecule has 3 fully saturated rings. The lowest BCUT2D eigenvalue weighted by atomic mass is 9.87. The highest BCUT2D eigenvalue weighted by molar-refractivity contribution is 5.70. The van der Waals surface area contributed by atoms with E-state index < -0.39 is 5.97 Å². The third kappa shape index (κ3) is 4.63. The molecule has 1 aromatic heterocycles. The van der Waals surface area contributed by atoms with E-state index in [0.717, 1.165) is 49.7 Å². The Bertz CT molecular complexity index is 1040. The molecule has 2 aromatic rings. The molecule has 3 saturated carbocycles. The van der Waals surface area contributed by atoms with E-state index in [1.807, 2.05) is 31.2 Å². The molecule has 0 saturated heterocycles. The molecule has 1 amide bonds. The SMILES string of the molecule is Cc1noc(-c2ccc(O[C@@H]3C[C@H](C(=O)O)C[C@@H]4C[C@@H]43)cc2)c1COC(=O)N(C)C1CCCC1. The van der Waals surface area contributed by atoms with Crippen molar-refractivity contribution >= 4 is 12.1 Å². The lowest BCUT2D eigenvalue weighted by Crippen LogP contribution is -2.35. The van der Waals surface area contributed by atoms with Crippen molar-refractivity contribution in [2.45, 2.75) is 70.6 Å². The van der Waals surface area contributed by atoms with Gasteiger partial charge < -0.3 is 24.0 Å². The first-order valence-corrected chi connectivity index (χ1v) is 12.3. The van der Waals surface area contributed by atoms with Gasteiger partial charge in [0.15, 0.2) is 5.76 Å². The molecule has 1 heterocycles. The van der Waals surface area contributed by atoms with Crippen molar-refractivity contribution in [2.24, 2.45) is 17.8 Å². The highest BCUT2D eigenvalue weighted by Gasteiger charge is 2.51. The van der Waals surface area contributed by atoms with E-state index in [2.05, 4.69) is 5.16 Å². The van der Waals surface area contributed by atoms with Crippen molar-refractivity contribution in [2.75, 3.05) is 7.05 Å². The first kappa shape index (κ1) is 22.7. The minimum absolute atomic E-state index is 0.0509. The van der Waals surface area contributed by atoms with Crippen LogP contribution in [0.3, 0.4) is 0 Å². The Hall–Kier alpha value is -3.03. The van der Waals surface area contributed by atoms with Crippen LogP contribution in [0.15, 0.2) is 28.8 Å². The number of ether oxygens (including phenoxy) is 2. The fourth-order valence-electron chi connectivity index (χ4n) is 5.57. The standard InChI is InChI=1S/C26H32N2O6/c1-15-22(14-32-26(31)28(2)19-5-3-4-6-19)24(34-27-15)16-7-9-20(10-8-16)33-23-13-18(25(29)30)11-17-12-21(17)23/h7-10,17-19,21,23H,3-6,11-14H2,1-2H3,(H,29,30)/t17-,18-,21+,23-/m1/s1. The van der Waals surface area contributed by atoms with Gasteiger partial charge in [-0.1, -0.05) is 18.0 Å². The second-order valence-corrected chi connectivity index (χ2v) is 10.0. The zero-order valence-corrected chi connectivity index (χ0v) is 19.7. The van der Waals surface area contributed by atoms with Crippen LogP contribution in [-0.2, 0) is 16.1 Å². The lowest BCUT2D eigenvalue weighted by Gasteiger charge is -2.27. The maximum absolute atomic E-state index is 12.5. The third-order valence-electron chi connectivity index (χ3n) is 7.80. The Labute approximate surface area is 199 Å². The fraction of sp³-hybridized carbons (Fsp3) is 0.577. The number of amides is 1. The van der Waals surface area contributed by atoms with Crippen molar-refractivity contribution in [1.82, 2.24) is 10.1 Å². The second kappa shape index (κ2) is 9.31. The normalized spacial score (nSPS) is 26.1. The van der Waals surface area contributed by atoms with Gasteiger partial charge in [-0.2, -0.15) is 0 Å². The van der Waals surface area contributed by atoms with E-state index >= 15 is 0 Å². The summed E-state index contributed by atoms with van der Waals surface area (Å²) in [6.07, 6.45) is 6.36. The van der Waals surface area contributed by atoms with Crippen molar-refractivity contribution in [3.63, 3.8) is 0 Å². The number of carbonyl (C=O) groups is 2. The number of hydrogen-bond donors (Lipinski definition) is 1. The van der Waals surface area contributed by atoms with Gasteiger partial charge in [-0.05, 0) is 75.1 Å². The van der Waals surface area contributed by atoms with Gasteiger partial charge in [0.2, 0.25) is 0 Å². The number of hydrogen-bond acceptors (Lipinski definition) is 6. The van der Waals surface area contributed by atoms with Crippen LogP contribution in [0.25, 0.3) is 11.3 Å². The van der Waals surface area contributed by atoms with Crippen molar-refractivity contribution < 1.29 is 28.7 Å². The van der Waals surface area contributed by atoms with Crippen molar-refractivity contribution in [3.8, 4) is 17.1 Å². The monoisotopic (exact) mass is 468 g/mol. The summed E-state index contributed by atoms with van der Waals surface area (Å²) < 4.78 is 17.3. The number of carboxylic acids is 1. The maximum atomic E-state index is 12.5. The molecule has 1 aromatic carbocycles. The van der Waals surface area contributed by atoms with Gasteiger partial charge in [-0.15, -0.1) is 0 Å². The number of carboxylic acid groups (broad SMARTS) is 1. The first-order valence-electron chi connectivity index (χ1n) is 12.3. The molecular weight excluding hydrogens is 436 g/mol. The highest BCUT2D eigenvalue weighted by Crippen LogP contribution is 2.52. The third-order valence-corrected chi connectivity index (χ3v) is 7.80. The number of nitrogens with zero attached hydrogens (tertiary/aromatic N) is 2. The summed E-state index contributed by atoms with van der Waals surface area (Å²) in [5, 5.41) is 13.5. The summed E-state index contributed by atoms with van der Waals surface area (Å²) in [6, 6.07) is 7.79. The molecule has 0 aliphatic heterocycles. The average molecular weight is 469 g/mol. The second-order valence-electron chi connectivity index (χ2n) is 10.0. The molecule has 182 valence electrons. The smallest absolute Gasteiger partial charge is 0.410 e. The van der Waals surface area contributed by atoms with Gasteiger partial charge in [-0.3, -0.25) is 4.79 Å². The summed E-state index contributed by atoms with van der Waals surface area (Å²) in [4.78, 5) is 25.7. The summed E-state index contributed by atoms with van der Waals surface area (Å²) in [6.45, 7) is 1.93. The van der Waals surface area contributed by atoms with Crippen LogP contribution < -0.4 is 4.74 Å². The molecule has 0 unspecified atom stereocenters. The van der Waals surface area contributed by atoms with Gasteiger partial charge in [0.05, 0.1) is 17.2 Å². The van der Waals surface area contributed by atoms with E-state index in [0.29, 0.717) is 35.5 Å². The van der Waals surface area contributed by atoms with Crippen LogP contribution in [0, 0.1) is 24.7 Å². The average Bonchev–Trinajstić information content (AvgIpc) is 3.24. The number of rotatable bonds is 7. The number of aliphatic carboxylic acids is 1. The summed E-state index contributed by atoms with van der Waals surface area (Å²) in [5.41, 5.74) is 2.26. The van der Waals surface area contributed by atoms with Gasteiger partial charge in [0.25, 0.3) is 0 Å². The Balaban J connectivity index is 1.22. The molecule has 1 N–H and O–H groups in total. The zero-order chi connectivity index (χ0) is 23.8. The van der Waals surface area contributed by atoms with Crippen LogP contribution in [0.2, 0.25) is 0 Å². The topological polar surface area (TPSA) is 102 Å². The predicted octanol–water partition coefficient (Wildman–Crippen LogP) is 5.04. The van der Waals surface area contributed by atoms with Gasteiger partial charge in [0, 0.05) is 18.7 Å². The Morgan fingerprint density at radius 1 is 1.15 bits per heavy atom. The van der Waals surface area contributed by atoms with Gasteiger partial charge in [0.1, 0.15) is 18.5 Å². The number of aryl methyl sites for hydroxylation is 1. The Morgan fingerprint density at radius 3 is 2.59 bits per heavy atom. The van der Waals surface area contributed by atoms with Crippen LogP contribution in [0.5, 0.6) is 5.75 Å². The van der Waals surface area contributed by atoms with Crippen LogP contribution in [0.1, 0.15) is 56.2 Å². The van der Waals surface area contributed by atoms with E-state index in [-0.39, 0.29) is 30.8 Å². The summed E-state index contributed by atoms with van der Waals surface area (Å²) in [5.74, 6) is 1.20. The Morgan fingerprint density at radius 2 is 1.88 bits per heavy atom. The summed E-state index contributed by atoms with van der Waals surface area (Å²) >= 11 is 0.